The highest BCUT2D eigenvalue weighted by atomic mass is 16.5. The van der Waals surface area contributed by atoms with E-state index in [0.717, 1.165) is 35.1 Å². The van der Waals surface area contributed by atoms with E-state index < -0.39 is 6.10 Å². The summed E-state index contributed by atoms with van der Waals surface area (Å²) in [7, 11) is 1.64. The van der Waals surface area contributed by atoms with E-state index in [0.29, 0.717) is 12.2 Å². The lowest BCUT2D eigenvalue weighted by atomic mass is 9.72. The van der Waals surface area contributed by atoms with Crippen molar-refractivity contribution in [3.05, 3.63) is 47.1 Å². The van der Waals surface area contributed by atoms with Crippen molar-refractivity contribution in [3.8, 4) is 11.5 Å². The van der Waals surface area contributed by atoms with E-state index in [2.05, 4.69) is 13.5 Å². The second-order valence-electron chi connectivity index (χ2n) is 6.62. The van der Waals surface area contributed by atoms with Gasteiger partial charge in [0.05, 0.1) is 13.2 Å². The molecule has 0 saturated carbocycles. The number of aliphatic hydroxyl groups excluding tert-OH is 1. The highest BCUT2D eigenvalue weighted by Gasteiger charge is 2.33. The predicted octanol–water partition coefficient (Wildman–Crippen LogP) is 4.34. The van der Waals surface area contributed by atoms with Crippen LogP contribution in [0.2, 0.25) is 0 Å². The van der Waals surface area contributed by atoms with Crippen LogP contribution in [0.25, 0.3) is 0 Å². The summed E-state index contributed by atoms with van der Waals surface area (Å²) in [6.45, 7) is 10.1. The molecule has 23 heavy (non-hydrogen) atoms. The van der Waals surface area contributed by atoms with E-state index in [1.165, 1.54) is 0 Å². The number of aryl methyl sites for hydroxylation is 1. The maximum Gasteiger partial charge on any atom is 0.126 e. The second-order valence-corrected chi connectivity index (χ2v) is 6.62. The van der Waals surface area contributed by atoms with E-state index in [9.17, 15) is 10.2 Å². The number of aliphatic hydroxyl groups is 1. The van der Waals surface area contributed by atoms with Crippen LogP contribution in [0.5, 0.6) is 11.5 Å². The second kappa shape index (κ2) is 7.22. The molecule has 3 heteroatoms. The normalized spacial score (nSPS) is 24.2. The minimum Gasteiger partial charge on any atom is -0.507 e. The quantitative estimate of drug-likeness (QED) is 0.794. The first-order chi connectivity index (χ1) is 10.9. The van der Waals surface area contributed by atoms with Crippen molar-refractivity contribution in [3.63, 3.8) is 0 Å². The zero-order chi connectivity index (χ0) is 17.1. The molecule has 0 saturated heterocycles. The molecule has 3 nitrogen and oxygen atoms in total. The SMILES string of the molecule is C=C(C)[C@@H]1C[C@H](O)C(C)=C[C@H]1c1c(O)cc(CCC)cc1OC. The lowest BCUT2D eigenvalue weighted by Crippen LogP contribution is -2.26. The minimum atomic E-state index is -0.444. The molecule has 0 spiro atoms. The molecule has 1 aliphatic rings. The molecular weight excluding hydrogens is 288 g/mol. The molecule has 0 radical (unpaired) electrons. The number of methoxy groups -OCH3 is 1. The van der Waals surface area contributed by atoms with Crippen molar-refractivity contribution in [1.29, 1.82) is 0 Å². The number of hydrogen-bond acceptors (Lipinski definition) is 3. The molecule has 3 atom stereocenters. The van der Waals surface area contributed by atoms with E-state index in [1.54, 1.807) is 7.11 Å². The number of aromatic hydroxyl groups is 1. The Hall–Kier alpha value is -1.74. The molecule has 0 fully saturated rings. The van der Waals surface area contributed by atoms with E-state index >= 15 is 0 Å². The first kappa shape index (κ1) is 17.6. The van der Waals surface area contributed by atoms with Crippen LogP contribution < -0.4 is 4.74 Å². The highest BCUT2D eigenvalue weighted by molar-refractivity contribution is 5.52. The molecular formula is C20H28O3. The smallest absolute Gasteiger partial charge is 0.126 e. The Kier molecular flexibility index (Phi) is 5.53. The van der Waals surface area contributed by atoms with Gasteiger partial charge in [0.2, 0.25) is 0 Å². The fourth-order valence-electron chi connectivity index (χ4n) is 3.48. The maximum atomic E-state index is 10.6. The monoisotopic (exact) mass is 316 g/mol. The molecule has 0 unspecified atom stereocenters. The third-order valence-electron chi connectivity index (χ3n) is 4.78. The summed E-state index contributed by atoms with van der Waals surface area (Å²) in [4.78, 5) is 0. The van der Waals surface area contributed by atoms with Crippen LogP contribution in [-0.4, -0.2) is 23.4 Å². The van der Waals surface area contributed by atoms with Crippen molar-refractivity contribution < 1.29 is 14.9 Å². The molecule has 0 aliphatic heterocycles. The van der Waals surface area contributed by atoms with Gasteiger partial charge in [0.25, 0.3) is 0 Å². The van der Waals surface area contributed by atoms with E-state index in [1.807, 2.05) is 32.1 Å². The largest absolute Gasteiger partial charge is 0.507 e. The summed E-state index contributed by atoms with van der Waals surface area (Å²) in [5, 5.41) is 20.8. The van der Waals surface area contributed by atoms with Crippen LogP contribution in [0.3, 0.4) is 0 Å². The van der Waals surface area contributed by atoms with Gasteiger partial charge in [-0.3, -0.25) is 0 Å². The molecule has 1 aromatic rings. The number of phenols is 1. The van der Waals surface area contributed by atoms with Crippen molar-refractivity contribution in [1.82, 2.24) is 0 Å². The number of rotatable bonds is 5. The Morgan fingerprint density at radius 1 is 1.39 bits per heavy atom. The predicted molar refractivity (Wildman–Crippen MR) is 94.1 cm³/mol. The van der Waals surface area contributed by atoms with E-state index in [4.69, 9.17) is 4.74 Å². The fraction of sp³-hybridized carbons (Fsp3) is 0.500. The van der Waals surface area contributed by atoms with Crippen LogP contribution in [0.1, 0.15) is 50.7 Å². The first-order valence-electron chi connectivity index (χ1n) is 8.30. The Morgan fingerprint density at radius 3 is 2.65 bits per heavy atom. The third kappa shape index (κ3) is 3.61. The molecule has 0 amide bonds. The molecule has 1 aromatic carbocycles. The van der Waals surface area contributed by atoms with Crippen molar-refractivity contribution >= 4 is 0 Å². The summed E-state index contributed by atoms with van der Waals surface area (Å²) in [5.41, 5.74) is 3.82. The number of benzene rings is 1. The number of phenolic OH excluding ortho intramolecular Hbond substituents is 1. The van der Waals surface area contributed by atoms with Gasteiger partial charge in [-0.2, -0.15) is 0 Å². The summed E-state index contributed by atoms with van der Waals surface area (Å²) in [6.07, 6.45) is 4.16. The Balaban J connectivity index is 2.55. The maximum absolute atomic E-state index is 10.6. The van der Waals surface area contributed by atoms with E-state index in [-0.39, 0.29) is 17.6 Å². The summed E-state index contributed by atoms with van der Waals surface area (Å²) in [6, 6.07) is 3.85. The van der Waals surface area contributed by atoms with Crippen molar-refractivity contribution in [2.24, 2.45) is 5.92 Å². The van der Waals surface area contributed by atoms with Crippen LogP contribution in [-0.2, 0) is 6.42 Å². The molecule has 126 valence electrons. The molecule has 0 aromatic heterocycles. The van der Waals surface area contributed by atoms with Gasteiger partial charge in [0, 0.05) is 11.5 Å². The third-order valence-corrected chi connectivity index (χ3v) is 4.78. The zero-order valence-corrected chi connectivity index (χ0v) is 14.6. The van der Waals surface area contributed by atoms with Crippen LogP contribution in [0.4, 0.5) is 0 Å². The molecule has 1 aliphatic carbocycles. The van der Waals surface area contributed by atoms with Crippen molar-refractivity contribution in [2.75, 3.05) is 7.11 Å². The van der Waals surface area contributed by atoms with Crippen molar-refractivity contribution in [2.45, 2.75) is 52.1 Å². The standard InChI is InChI=1S/C20H28O3/c1-6-7-14-9-18(22)20(19(10-14)23-5)16-8-13(4)17(21)11-15(16)12(2)3/h8-10,15-17,21-22H,2,6-7,11H2,1,3-5H3/t15-,16+,17-/m0/s1. The highest BCUT2D eigenvalue weighted by Crippen LogP contribution is 2.46. The number of ether oxygens (including phenoxy) is 1. The van der Waals surface area contributed by atoms with Gasteiger partial charge in [0.15, 0.2) is 0 Å². The molecule has 2 rings (SSSR count). The summed E-state index contributed by atoms with van der Waals surface area (Å²) in [5.74, 6) is 1.04. The average Bonchev–Trinajstić information content (AvgIpc) is 2.49. The van der Waals surface area contributed by atoms with Gasteiger partial charge in [-0.05, 0) is 55.9 Å². The lowest BCUT2D eigenvalue weighted by molar-refractivity contribution is 0.168. The van der Waals surface area contributed by atoms with Gasteiger partial charge in [0.1, 0.15) is 11.5 Å². The van der Waals surface area contributed by atoms with Gasteiger partial charge >= 0.3 is 0 Å². The van der Waals surface area contributed by atoms with Gasteiger partial charge in [-0.15, -0.1) is 0 Å². The first-order valence-corrected chi connectivity index (χ1v) is 8.30. The zero-order valence-electron chi connectivity index (χ0n) is 14.6. The summed E-state index contributed by atoms with van der Waals surface area (Å²) >= 11 is 0. The van der Waals surface area contributed by atoms with Crippen LogP contribution in [0.15, 0.2) is 35.9 Å². The Labute approximate surface area is 139 Å². The molecule has 0 heterocycles. The van der Waals surface area contributed by atoms with Gasteiger partial charge < -0.3 is 14.9 Å². The molecule has 2 N–H and O–H groups in total. The topological polar surface area (TPSA) is 49.7 Å². The Bertz CT molecular complexity index is 616. The fourth-order valence-corrected chi connectivity index (χ4v) is 3.48. The van der Waals surface area contributed by atoms with Gasteiger partial charge in [-0.1, -0.05) is 31.6 Å². The minimum absolute atomic E-state index is 0.0264. The average molecular weight is 316 g/mol. The van der Waals surface area contributed by atoms with Gasteiger partial charge in [-0.25, -0.2) is 0 Å². The summed E-state index contributed by atoms with van der Waals surface area (Å²) < 4.78 is 5.58. The lowest BCUT2D eigenvalue weighted by Gasteiger charge is -2.34. The van der Waals surface area contributed by atoms with Crippen LogP contribution >= 0.6 is 0 Å². The Morgan fingerprint density at radius 2 is 2.09 bits per heavy atom. The molecule has 0 bridgehead atoms. The number of hydrogen-bond donors (Lipinski definition) is 2. The van der Waals surface area contributed by atoms with Crippen LogP contribution in [0, 0.1) is 5.92 Å². The number of allylic oxidation sites excluding steroid dienone is 2.